The van der Waals surface area contributed by atoms with Crippen LogP contribution in [0.25, 0.3) is 11.0 Å². The van der Waals surface area contributed by atoms with Crippen molar-refractivity contribution < 1.29 is 14.0 Å². The van der Waals surface area contributed by atoms with E-state index in [0.717, 1.165) is 21.0 Å². The van der Waals surface area contributed by atoms with Gasteiger partial charge in [-0.05, 0) is 60.1 Å². The summed E-state index contributed by atoms with van der Waals surface area (Å²) in [6, 6.07) is 20.0. The summed E-state index contributed by atoms with van der Waals surface area (Å²) >= 11 is 3.39. The van der Waals surface area contributed by atoms with Gasteiger partial charge < -0.3 is 9.73 Å². The van der Waals surface area contributed by atoms with Gasteiger partial charge in [-0.25, -0.2) is 0 Å². The van der Waals surface area contributed by atoms with Crippen molar-refractivity contribution >= 4 is 44.3 Å². The van der Waals surface area contributed by atoms with E-state index in [2.05, 4.69) is 21.2 Å². The molecule has 1 N–H and O–H groups in total. The predicted octanol–water partition coefficient (Wildman–Crippen LogP) is 6.30. The second kappa shape index (κ2) is 7.68. The van der Waals surface area contributed by atoms with Gasteiger partial charge in [-0.15, -0.1) is 0 Å². The quantitative estimate of drug-likeness (QED) is 0.373. The molecular weight excluding hydrogens is 430 g/mol. The number of hydrogen-bond acceptors (Lipinski definition) is 3. The van der Waals surface area contributed by atoms with Gasteiger partial charge in [-0.2, -0.15) is 0 Å². The molecule has 0 fully saturated rings. The van der Waals surface area contributed by atoms with Crippen LogP contribution in [-0.2, 0) is 0 Å². The number of carbonyl (C=O) groups excluding carboxylic acids is 2. The number of hydrogen-bond donors (Lipinski definition) is 1. The first-order chi connectivity index (χ1) is 13.9. The van der Waals surface area contributed by atoms with Crippen LogP contribution in [-0.4, -0.2) is 11.7 Å². The maximum atomic E-state index is 12.9. The Kier molecular flexibility index (Phi) is 5.07. The maximum Gasteiger partial charge on any atom is 0.256 e. The Hall–Kier alpha value is -3.18. The molecule has 0 atom stereocenters. The van der Waals surface area contributed by atoms with Crippen LogP contribution >= 0.6 is 15.9 Å². The molecule has 5 heteroatoms. The molecule has 3 aromatic carbocycles. The summed E-state index contributed by atoms with van der Waals surface area (Å²) in [4.78, 5) is 25.4. The molecule has 0 unspecified atom stereocenters. The number of halogens is 1. The van der Waals surface area contributed by atoms with Crippen LogP contribution in [0.4, 0.5) is 5.69 Å². The molecule has 4 nitrogen and oxygen atoms in total. The average molecular weight is 448 g/mol. The minimum absolute atomic E-state index is 0.155. The lowest BCUT2D eigenvalue weighted by atomic mass is 10.0. The largest absolute Gasteiger partial charge is 0.452 e. The van der Waals surface area contributed by atoms with Gasteiger partial charge in [0.2, 0.25) is 5.78 Å². The lowest BCUT2D eigenvalue weighted by Crippen LogP contribution is -2.12. The van der Waals surface area contributed by atoms with Gasteiger partial charge in [0.05, 0.1) is 5.56 Å². The van der Waals surface area contributed by atoms with Gasteiger partial charge >= 0.3 is 0 Å². The maximum absolute atomic E-state index is 12.9. The van der Waals surface area contributed by atoms with E-state index in [1.807, 2.05) is 50.2 Å². The fourth-order valence-electron chi connectivity index (χ4n) is 3.20. The molecule has 0 saturated carbocycles. The van der Waals surface area contributed by atoms with Gasteiger partial charge in [0.1, 0.15) is 5.58 Å². The van der Waals surface area contributed by atoms with Crippen molar-refractivity contribution in [3.8, 4) is 0 Å². The Morgan fingerprint density at radius 3 is 2.38 bits per heavy atom. The summed E-state index contributed by atoms with van der Waals surface area (Å²) in [6.45, 7) is 3.83. The monoisotopic (exact) mass is 447 g/mol. The number of rotatable bonds is 4. The minimum Gasteiger partial charge on any atom is -0.452 e. The molecule has 1 amide bonds. The molecule has 4 rings (SSSR count). The highest BCUT2D eigenvalue weighted by molar-refractivity contribution is 9.10. The molecule has 144 valence electrons. The Bertz CT molecular complexity index is 1240. The van der Waals surface area contributed by atoms with Crippen molar-refractivity contribution in [1.29, 1.82) is 0 Å². The van der Waals surface area contributed by atoms with Gasteiger partial charge in [0.25, 0.3) is 5.91 Å². The van der Waals surface area contributed by atoms with Gasteiger partial charge in [0, 0.05) is 26.7 Å². The molecule has 0 radical (unpaired) electrons. The number of amides is 1. The number of benzene rings is 3. The molecule has 29 heavy (non-hydrogen) atoms. The van der Waals surface area contributed by atoms with Crippen LogP contribution < -0.4 is 5.32 Å². The molecule has 0 bridgehead atoms. The fourth-order valence-corrected chi connectivity index (χ4v) is 3.66. The Morgan fingerprint density at radius 1 is 0.931 bits per heavy atom. The molecule has 1 heterocycles. The first kappa shape index (κ1) is 19.2. The Balaban J connectivity index is 1.65. The van der Waals surface area contributed by atoms with E-state index in [4.69, 9.17) is 4.42 Å². The van der Waals surface area contributed by atoms with Gasteiger partial charge in [-0.3, -0.25) is 9.59 Å². The highest BCUT2D eigenvalue weighted by Gasteiger charge is 2.20. The van der Waals surface area contributed by atoms with E-state index in [0.29, 0.717) is 28.2 Å². The summed E-state index contributed by atoms with van der Waals surface area (Å²) in [6.07, 6.45) is 0. The molecular formula is C24H18BrNO3. The second-order valence-electron chi connectivity index (χ2n) is 6.90. The highest BCUT2D eigenvalue weighted by Crippen LogP contribution is 2.30. The van der Waals surface area contributed by atoms with E-state index in [-0.39, 0.29) is 11.7 Å². The minimum atomic E-state index is -0.214. The van der Waals surface area contributed by atoms with Crippen molar-refractivity contribution in [3.63, 3.8) is 0 Å². The van der Waals surface area contributed by atoms with Crippen molar-refractivity contribution in [1.82, 2.24) is 0 Å². The van der Waals surface area contributed by atoms with E-state index < -0.39 is 0 Å². The average Bonchev–Trinajstić information content (AvgIpc) is 3.04. The summed E-state index contributed by atoms with van der Waals surface area (Å²) < 4.78 is 6.57. The van der Waals surface area contributed by atoms with Crippen molar-refractivity contribution in [2.75, 3.05) is 5.32 Å². The molecule has 0 aliphatic carbocycles. The van der Waals surface area contributed by atoms with Crippen molar-refractivity contribution in [2.45, 2.75) is 13.8 Å². The highest BCUT2D eigenvalue weighted by atomic mass is 79.9. The van der Waals surface area contributed by atoms with E-state index in [1.54, 1.807) is 30.3 Å². The number of furan rings is 1. The smallest absolute Gasteiger partial charge is 0.256 e. The third kappa shape index (κ3) is 3.74. The van der Waals surface area contributed by atoms with Gasteiger partial charge in [-0.1, -0.05) is 42.0 Å². The van der Waals surface area contributed by atoms with Crippen LogP contribution in [0.3, 0.4) is 0 Å². The van der Waals surface area contributed by atoms with Crippen molar-refractivity contribution in [2.24, 2.45) is 0 Å². The second-order valence-corrected chi connectivity index (χ2v) is 7.75. The first-order valence-corrected chi connectivity index (χ1v) is 9.94. The lowest BCUT2D eigenvalue weighted by molar-refractivity contribution is 0.101. The van der Waals surface area contributed by atoms with Crippen LogP contribution in [0, 0.1) is 13.8 Å². The number of anilines is 1. The number of ketones is 1. The van der Waals surface area contributed by atoms with E-state index in [9.17, 15) is 9.59 Å². The molecule has 0 aliphatic rings. The van der Waals surface area contributed by atoms with Crippen LogP contribution in [0.2, 0.25) is 0 Å². The third-order valence-electron chi connectivity index (χ3n) is 4.83. The SMILES string of the molecule is Cc1ccc(C(=O)c2oc3ccc(NC(=O)c4ccccc4Br)cc3c2C)cc1. The third-order valence-corrected chi connectivity index (χ3v) is 5.52. The van der Waals surface area contributed by atoms with Crippen LogP contribution in [0.15, 0.2) is 75.6 Å². The summed E-state index contributed by atoms with van der Waals surface area (Å²) in [5.41, 5.74) is 4.22. The van der Waals surface area contributed by atoms with E-state index in [1.165, 1.54) is 0 Å². The zero-order valence-electron chi connectivity index (χ0n) is 16.0. The van der Waals surface area contributed by atoms with Gasteiger partial charge in [0.15, 0.2) is 5.76 Å². The Morgan fingerprint density at radius 2 is 1.66 bits per heavy atom. The lowest BCUT2D eigenvalue weighted by Gasteiger charge is -2.07. The summed E-state index contributed by atoms with van der Waals surface area (Å²) in [5.74, 6) is -0.0513. The number of carbonyl (C=O) groups is 2. The normalized spacial score (nSPS) is 10.9. The predicted molar refractivity (Wildman–Crippen MR) is 118 cm³/mol. The standard InChI is InChI=1S/C24H18BrNO3/c1-14-7-9-16(10-8-14)22(27)23-15(2)19-13-17(11-12-21(19)29-23)26-24(28)18-5-3-4-6-20(18)25/h3-13H,1-2H3,(H,26,28). The molecule has 0 aliphatic heterocycles. The molecule has 0 saturated heterocycles. The summed E-state index contributed by atoms with van der Waals surface area (Å²) in [5, 5.41) is 3.70. The van der Waals surface area contributed by atoms with Crippen LogP contribution in [0.5, 0.6) is 0 Å². The fraction of sp³-hybridized carbons (Fsp3) is 0.0833. The van der Waals surface area contributed by atoms with E-state index >= 15 is 0 Å². The Labute approximate surface area is 176 Å². The zero-order valence-corrected chi connectivity index (χ0v) is 17.5. The first-order valence-electron chi connectivity index (χ1n) is 9.14. The number of nitrogens with one attached hydrogen (secondary N) is 1. The number of aryl methyl sites for hydroxylation is 2. The molecule has 1 aromatic heterocycles. The summed E-state index contributed by atoms with van der Waals surface area (Å²) in [7, 11) is 0. The van der Waals surface area contributed by atoms with Crippen LogP contribution in [0.1, 0.15) is 37.6 Å². The number of fused-ring (bicyclic) bond motifs is 1. The molecule has 4 aromatic rings. The van der Waals surface area contributed by atoms with Crippen molar-refractivity contribution in [3.05, 3.63) is 99.2 Å². The topological polar surface area (TPSA) is 59.3 Å². The zero-order chi connectivity index (χ0) is 20.5. The molecule has 0 spiro atoms.